The summed E-state index contributed by atoms with van der Waals surface area (Å²) in [6, 6.07) is 4.19. The highest BCUT2D eigenvalue weighted by molar-refractivity contribution is 5.80. The van der Waals surface area contributed by atoms with Gasteiger partial charge in [0.2, 0.25) is 0 Å². The monoisotopic (exact) mass is 577 g/mol. The molecule has 1 aliphatic rings. The van der Waals surface area contributed by atoms with Crippen LogP contribution in [0.5, 0.6) is 5.75 Å². The molecule has 0 aliphatic carbocycles. The first-order chi connectivity index (χ1) is 18.4. The number of hydrogen-bond donors (Lipinski definition) is 0. The minimum Gasteiger partial charge on any atom is -0.469 e. The number of esters is 2. The zero-order chi connectivity index (χ0) is 31.8. The van der Waals surface area contributed by atoms with Gasteiger partial charge < -0.3 is 18.9 Å². The molecule has 0 radical (unpaired) electrons. The number of ether oxygens (including phenoxy) is 4. The summed E-state index contributed by atoms with van der Waals surface area (Å²) in [4.78, 5) is 38.6. The van der Waals surface area contributed by atoms with Gasteiger partial charge in [0.25, 0.3) is 5.69 Å². The van der Waals surface area contributed by atoms with Crippen molar-refractivity contribution in [3.8, 4) is 5.75 Å². The zero-order valence-corrected chi connectivity index (χ0v) is 27.4. The largest absolute Gasteiger partial charge is 0.469 e. The van der Waals surface area contributed by atoms with E-state index >= 15 is 0 Å². The van der Waals surface area contributed by atoms with E-state index in [4.69, 9.17) is 18.9 Å². The predicted molar refractivity (Wildman–Crippen MR) is 157 cm³/mol. The topological polar surface area (TPSA) is 114 Å². The molecular formula is C32H51NO8. The van der Waals surface area contributed by atoms with Crippen LogP contribution in [0.1, 0.15) is 108 Å². The fourth-order valence-corrected chi connectivity index (χ4v) is 6.04. The molecule has 1 aliphatic heterocycles. The molecular weight excluding hydrogens is 526 g/mol. The van der Waals surface area contributed by atoms with Crippen molar-refractivity contribution in [3.05, 3.63) is 33.9 Å². The van der Waals surface area contributed by atoms with Crippen molar-refractivity contribution in [1.29, 1.82) is 0 Å². The third-order valence-electron chi connectivity index (χ3n) is 9.77. The van der Waals surface area contributed by atoms with Gasteiger partial charge in [-0.2, -0.15) is 0 Å². The number of hydrogen-bond acceptors (Lipinski definition) is 8. The van der Waals surface area contributed by atoms with Gasteiger partial charge in [0.05, 0.1) is 41.6 Å². The van der Waals surface area contributed by atoms with Crippen LogP contribution in [0, 0.1) is 42.6 Å². The second-order valence-corrected chi connectivity index (χ2v) is 15.3. The first-order valence-electron chi connectivity index (χ1n) is 14.3. The third-order valence-corrected chi connectivity index (χ3v) is 9.77. The number of benzene rings is 1. The second kappa shape index (κ2) is 11.6. The van der Waals surface area contributed by atoms with E-state index in [0.29, 0.717) is 26.1 Å². The van der Waals surface area contributed by atoms with E-state index < -0.39 is 44.3 Å². The smallest absolute Gasteiger partial charge is 0.317 e. The maximum absolute atomic E-state index is 14.3. The van der Waals surface area contributed by atoms with Crippen LogP contribution in [-0.2, 0) is 23.8 Å². The van der Waals surface area contributed by atoms with Crippen LogP contribution in [0.3, 0.4) is 0 Å². The average Bonchev–Trinajstić information content (AvgIpc) is 3.35. The van der Waals surface area contributed by atoms with Crippen molar-refractivity contribution in [2.45, 2.75) is 102 Å². The Hall–Kier alpha value is -2.52. The number of carbonyl (C=O) groups is 2. The van der Waals surface area contributed by atoms with Crippen molar-refractivity contribution >= 4 is 17.6 Å². The van der Waals surface area contributed by atoms with Crippen molar-refractivity contribution in [2.75, 3.05) is 20.3 Å². The summed E-state index contributed by atoms with van der Waals surface area (Å²) in [6.45, 7) is 25.1. The molecule has 41 heavy (non-hydrogen) atoms. The molecule has 0 saturated carbocycles. The van der Waals surface area contributed by atoms with Crippen LogP contribution in [-0.4, -0.2) is 37.2 Å². The second-order valence-electron chi connectivity index (χ2n) is 15.3. The van der Waals surface area contributed by atoms with Crippen LogP contribution in [0.4, 0.5) is 5.69 Å². The average molecular weight is 578 g/mol. The van der Waals surface area contributed by atoms with Gasteiger partial charge in [-0.25, -0.2) is 0 Å². The Morgan fingerprint density at radius 3 is 1.85 bits per heavy atom. The van der Waals surface area contributed by atoms with Crippen molar-refractivity contribution in [3.63, 3.8) is 0 Å². The highest BCUT2D eigenvalue weighted by Gasteiger charge is 2.60. The lowest BCUT2D eigenvalue weighted by Gasteiger charge is -2.56. The van der Waals surface area contributed by atoms with Gasteiger partial charge in [0.1, 0.15) is 5.75 Å². The SMILES string of the molecule is COC(=O)C(C)(CC(C)(C)C(C)(C)C(C)(CC(C)(C)C)C(=O)Oc1ccc([N+](=O)[O-])c(C2OCCO2)c1)C(C)(C)C. The van der Waals surface area contributed by atoms with E-state index in [0.717, 1.165) is 0 Å². The molecule has 1 aromatic rings. The Bertz CT molecular complexity index is 1140. The fourth-order valence-electron chi connectivity index (χ4n) is 6.04. The number of carbonyl (C=O) groups excluding carboxylic acids is 2. The van der Waals surface area contributed by atoms with Gasteiger partial charge in [0, 0.05) is 6.07 Å². The van der Waals surface area contributed by atoms with E-state index in [9.17, 15) is 19.7 Å². The Kier molecular flexibility index (Phi) is 9.84. The lowest BCUT2D eigenvalue weighted by atomic mass is 9.47. The van der Waals surface area contributed by atoms with Gasteiger partial charge in [-0.05, 0) is 60.5 Å². The zero-order valence-electron chi connectivity index (χ0n) is 27.4. The molecule has 1 heterocycles. The molecule has 9 heteroatoms. The van der Waals surface area contributed by atoms with E-state index in [1.165, 1.54) is 25.3 Å². The first kappa shape index (κ1) is 34.7. The third kappa shape index (κ3) is 6.94. The number of nitro groups is 1. The van der Waals surface area contributed by atoms with Gasteiger partial charge in [-0.1, -0.05) is 69.2 Å². The highest BCUT2D eigenvalue weighted by Crippen LogP contribution is 2.61. The number of methoxy groups -OCH3 is 1. The van der Waals surface area contributed by atoms with Crippen LogP contribution >= 0.6 is 0 Å². The van der Waals surface area contributed by atoms with Crippen LogP contribution in [0.2, 0.25) is 0 Å². The molecule has 2 rings (SSSR count). The molecule has 0 aromatic heterocycles. The molecule has 1 aromatic carbocycles. The molecule has 1 saturated heterocycles. The molecule has 2 unspecified atom stereocenters. The molecule has 0 bridgehead atoms. The molecule has 1 fully saturated rings. The molecule has 0 N–H and O–H groups in total. The first-order valence-corrected chi connectivity index (χ1v) is 14.3. The Balaban J connectivity index is 2.59. The Morgan fingerprint density at radius 1 is 0.878 bits per heavy atom. The number of nitro benzene ring substituents is 1. The van der Waals surface area contributed by atoms with E-state index in [-0.39, 0.29) is 28.4 Å². The van der Waals surface area contributed by atoms with Gasteiger partial charge in [-0.15, -0.1) is 0 Å². The molecule has 232 valence electrons. The Morgan fingerprint density at radius 2 is 1.41 bits per heavy atom. The summed E-state index contributed by atoms with van der Waals surface area (Å²) in [6.07, 6.45) is 0.0570. The Labute approximate surface area is 245 Å². The normalized spacial score (nSPS) is 18.4. The van der Waals surface area contributed by atoms with Gasteiger partial charge >= 0.3 is 11.9 Å². The highest BCUT2D eigenvalue weighted by atomic mass is 16.7. The summed E-state index contributed by atoms with van der Waals surface area (Å²) in [5, 5.41) is 11.7. The predicted octanol–water partition coefficient (Wildman–Crippen LogP) is 7.66. The maximum atomic E-state index is 14.3. The van der Waals surface area contributed by atoms with E-state index in [1.807, 2.05) is 34.6 Å². The summed E-state index contributed by atoms with van der Waals surface area (Å²) in [5.41, 5.74) is -3.71. The molecule has 9 nitrogen and oxygen atoms in total. The lowest BCUT2D eigenvalue weighted by Crippen LogP contribution is -2.56. The standard InChI is InChI=1S/C32H51NO8/c1-27(2,3)19-32(12,30(9,10)29(7,8)20-31(11,25(34)38-13)28(4,5)6)26(35)41-21-14-15-23(33(36)37)22(18-21)24-39-16-17-40-24/h14-15,18,24H,16-17,19-20H2,1-13H3. The van der Waals surface area contributed by atoms with E-state index in [1.54, 1.807) is 0 Å². The minimum absolute atomic E-state index is 0.167. The summed E-state index contributed by atoms with van der Waals surface area (Å²) < 4.78 is 22.4. The van der Waals surface area contributed by atoms with Crippen LogP contribution in [0.15, 0.2) is 18.2 Å². The van der Waals surface area contributed by atoms with Gasteiger partial charge in [0.15, 0.2) is 6.29 Å². The van der Waals surface area contributed by atoms with Crippen molar-refractivity contribution < 1.29 is 33.5 Å². The molecule has 0 spiro atoms. The summed E-state index contributed by atoms with van der Waals surface area (Å²) in [7, 11) is 1.41. The minimum atomic E-state index is -1.02. The van der Waals surface area contributed by atoms with Crippen molar-refractivity contribution in [2.24, 2.45) is 32.5 Å². The van der Waals surface area contributed by atoms with E-state index in [2.05, 4.69) is 48.5 Å². The maximum Gasteiger partial charge on any atom is 0.317 e. The van der Waals surface area contributed by atoms with Gasteiger partial charge in [-0.3, -0.25) is 19.7 Å². The summed E-state index contributed by atoms with van der Waals surface area (Å²) in [5.74, 6) is -0.560. The number of nitrogens with zero attached hydrogens (tertiary/aromatic N) is 1. The molecule has 0 amide bonds. The molecule has 2 atom stereocenters. The fraction of sp³-hybridized carbons (Fsp3) is 0.750. The van der Waals surface area contributed by atoms with Crippen LogP contribution < -0.4 is 4.74 Å². The quantitative estimate of drug-likeness (QED) is 0.120. The van der Waals surface area contributed by atoms with Crippen LogP contribution in [0.25, 0.3) is 0 Å². The number of rotatable bonds is 10. The summed E-state index contributed by atoms with van der Waals surface area (Å²) >= 11 is 0. The van der Waals surface area contributed by atoms with Crippen molar-refractivity contribution in [1.82, 2.24) is 0 Å². The lowest BCUT2D eigenvalue weighted by molar-refractivity contribution is -0.386.